The van der Waals surface area contributed by atoms with Crippen molar-refractivity contribution in [3.05, 3.63) is 24.3 Å². The summed E-state index contributed by atoms with van der Waals surface area (Å²) < 4.78 is 0. The lowest BCUT2D eigenvalue weighted by Gasteiger charge is -1.92. The molecule has 1 amide bonds. The summed E-state index contributed by atoms with van der Waals surface area (Å²) in [5, 5.41) is 2.57. The zero-order valence-electron chi connectivity index (χ0n) is 7.09. The number of H-pyrrole nitrogens is 1. The van der Waals surface area contributed by atoms with Gasteiger partial charge in [-0.3, -0.25) is 10.1 Å². The van der Waals surface area contributed by atoms with Crippen LogP contribution in [0.4, 0.5) is 5.95 Å². The van der Waals surface area contributed by atoms with E-state index in [1.54, 1.807) is 12.1 Å². The molecule has 0 unspecified atom stereocenters. The Morgan fingerprint density at radius 1 is 1.69 bits per heavy atom. The van der Waals surface area contributed by atoms with Crippen molar-refractivity contribution in [3.63, 3.8) is 0 Å². The maximum Gasteiger partial charge on any atom is 0.223 e. The number of anilines is 1. The minimum absolute atomic E-state index is 0.136. The normalized spacial score (nSPS) is 10.2. The summed E-state index contributed by atoms with van der Waals surface area (Å²) in [5.74, 6) is 0.338. The van der Waals surface area contributed by atoms with Crippen LogP contribution in [0.15, 0.2) is 18.2 Å². The first-order valence-electron chi connectivity index (χ1n) is 3.89. The third-order valence-corrected chi connectivity index (χ3v) is 1.62. The highest BCUT2D eigenvalue weighted by molar-refractivity contribution is 5.89. The van der Waals surface area contributed by atoms with Crippen LogP contribution in [-0.4, -0.2) is 15.9 Å². The van der Waals surface area contributed by atoms with Crippen LogP contribution in [0.5, 0.6) is 0 Å². The van der Waals surface area contributed by atoms with Gasteiger partial charge in [0, 0.05) is 6.92 Å². The van der Waals surface area contributed by atoms with Gasteiger partial charge in [-0.15, -0.1) is 0 Å². The first-order valence-corrected chi connectivity index (χ1v) is 3.89. The number of aromatic nitrogens is 2. The van der Waals surface area contributed by atoms with E-state index >= 15 is 0 Å². The van der Waals surface area contributed by atoms with E-state index in [1.807, 2.05) is 6.07 Å². The number of nitrogens with zero attached hydrogens (tertiary/aromatic N) is 1. The van der Waals surface area contributed by atoms with E-state index in [-0.39, 0.29) is 5.91 Å². The number of hydrogen-bond donors (Lipinski definition) is 2. The van der Waals surface area contributed by atoms with Crippen LogP contribution in [-0.2, 0) is 4.79 Å². The van der Waals surface area contributed by atoms with Gasteiger partial charge in [0.2, 0.25) is 11.9 Å². The van der Waals surface area contributed by atoms with E-state index in [2.05, 4.69) is 21.4 Å². The number of amides is 1. The number of fused-ring (bicyclic) bond motifs is 1. The molecule has 1 radical (unpaired) electrons. The number of imidazole rings is 1. The molecule has 1 aromatic carbocycles. The van der Waals surface area contributed by atoms with Crippen LogP contribution in [0.2, 0.25) is 0 Å². The van der Waals surface area contributed by atoms with Crippen molar-refractivity contribution in [2.45, 2.75) is 6.92 Å². The van der Waals surface area contributed by atoms with Crippen molar-refractivity contribution < 1.29 is 4.79 Å². The Kier molecular flexibility index (Phi) is 1.73. The summed E-state index contributed by atoms with van der Waals surface area (Å²) in [6.07, 6.45) is 0. The van der Waals surface area contributed by atoms with Crippen molar-refractivity contribution in [2.75, 3.05) is 5.32 Å². The van der Waals surface area contributed by atoms with E-state index in [4.69, 9.17) is 0 Å². The van der Waals surface area contributed by atoms with Crippen molar-refractivity contribution >= 4 is 22.9 Å². The van der Waals surface area contributed by atoms with Gasteiger partial charge in [0.1, 0.15) is 0 Å². The zero-order chi connectivity index (χ0) is 9.26. The Morgan fingerprint density at radius 2 is 2.54 bits per heavy atom. The van der Waals surface area contributed by atoms with Gasteiger partial charge in [-0.1, -0.05) is 6.07 Å². The molecule has 13 heavy (non-hydrogen) atoms. The standard InChI is InChI=1S/C9H8N3O/c1-6(13)10-9-11-7-4-2-3-5-8(7)12-9/h2,4-5H,1H3,(H2,10,11,12,13). The lowest BCUT2D eigenvalue weighted by molar-refractivity contribution is -0.114. The quantitative estimate of drug-likeness (QED) is 0.685. The minimum atomic E-state index is -0.136. The highest BCUT2D eigenvalue weighted by atomic mass is 16.1. The van der Waals surface area contributed by atoms with Crippen molar-refractivity contribution in [1.29, 1.82) is 0 Å². The lowest BCUT2D eigenvalue weighted by Crippen LogP contribution is -2.06. The zero-order valence-corrected chi connectivity index (χ0v) is 7.09. The molecule has 0 bridgehead atoms. The maximum atomic E-state index is 10.7. The molecule has 2 aromatic rings. The highest BCUT2D eigenvalue weighted by Crippen LogP contribution is 2.12. The summed E-state index contributed by atoms with van der Waals surface area (Å²) in [7, 11) is 0. The number of benzene rings is 1. The van der Waals surface area contributed by atoms with E-state index in [1.165, 1.54) is 6.92 Å². The average Bonchev–Trinajstić information content (AvgIpc) is 2.44. The third-order valence-electron chi connectivity index (χ3n) is 1.62. The molecule has 0 aliphatic carbocycles. The Morgan fingerprint density at radius 3 is 3.23 bits per heavy atom. The number of carbonyl (C=O) groups is 1. The molecular weight excluding hydrogens is 166 g/mol. The second-order valence-electron chi connectivity index (χ2n) is 2.71. The van der Waals surface area contributed by atoms with Crippen LogP contribution in [0, 0.1) is 6.07 Å². The highest BCUT2D eigenvalue weighted by Gasteiger charge is 2.01. The van der Waals surface area contributed by atoms with Crippen LogP contribution in [0.1, 0.15) is 6.92 Å². The topological polar surface area (TPSA) is 57.8 Å². The molecule has 1 aromatic heterocycles. The van der Waals surface area contributed by atoms with Gasteiger partial charge in [0.15, 0.2) is 0 Å². The van der Waals surface area contributed by atoms with Gasteiger partial charge in [-0.2, -0.15) is 0 Å². The lowest BCUT2D eigenvalue weighted by atomic mass is 10.3. The van der Waals surface area contributed by atoms with Crippen molar-refractivity contribution in [3.8, 4) is 0 Å². The predicted octanol–water partition coefficient (Wildman–Crippen LogP) is 1.32. The van der Waals surface area contributed by atoms with Gasteiger partial charge in [-0.05, 0) is 18.2 Å². The molecule has 4 heteroatoms. The molecule has 2 rings (SSSR count). The number of nitrogens with one attached hydrogen (secondary N) is 2. The number of hydrogen-bond acceptors (Lipinski definition) is 2. The van der Waals surface area contributed by atoms with Gasteiger partial charge >= 0.3 is 0 Å². The first kappa shape index (κ1) is 7.79. The minimum Gasteiger partial charge on any atom is -0.324 e. The average molecular weight is 174 g/mol. The molecule has 0 atom stereocenters. The molecule has 2 N–H and O–H groups in total. The van der Waals surface area contributed by atoms with E-state index in [9.17, 15) is 4.79 Å². The molecule has 0 saturated heterocycles. The Labute approximate surface area is 75.0 Å². The second-order valence-corrected chi connectivity index (χ2v) is 2.71. The molecule has 0 spiro atoms. The fraction of sp³-hybridized carbons (Fsp3) is 0.111. The Bertz CT molecular complexity index is 414. The summed E-state index contributed by atoms with van der Waals surface area (Å²) in [6.45, 7) is 1.44. The van der Waals surface area contributed by atoms with Gasteiger partial charge in [0.25, 0.3) is 0 Å². The fourth-order valence-corrected chi connectivity index (χ4v) is 1.12. The van der Waals surface area contributed by atoms with Crippen LogP contribution in [0.25, 0.3) is 11.0 Å². The summed E-state index contributed by atoms with van der Waals surface area (Å²) in [6, 6.07) is 8.31. The smallest absolute Gasteiger partial charge is 0.223 e. The summed E-state index contributed by atoms with van der Waals surface area (Å²) in [4.78, 5) is 17.8. The number of aromatic amines is 1. The Hall–Kier alpha value is -1.84. The van der Waals surface area contributed by atoms with Gasteiger partial charge in [-0.25, -0.2) is 4.98 Å². The molecule has 0 aliphatic heterocycles. The van der Waals surface area contributed by atoms with Gasteiger partial charge < -0.3 is 4.98 Å². The number of rotatable bonds is 1. The maximum absolute atomic E-state index is 10.7. The Balaban J connectivity index is 2.44. The summed E-state index contributed by atoms with van der Waals surface area (Å²) in [5.41, 5.74) is 1.69. The SMILES string of the molecule is CC(=O)Nc1nc2c[c]ccc2[nH]1. The second kappa shape index (κ2) is 2.90. The first-order chi connectivity index (χ1) is 6.25. The molecule has 4 nitrogen and oxygen atoms in total. The number of carbonyl (C=O) groups excluding carboxylic acids is 1. The predicted molar refractivity (Wildman–Crippen MR) is 49.2 cm³/mol. The molecule has 1 heterocycles. The molecule has 0 saturated carbocycles. The third kappa shape index (κ3) is 1.51. The fourth-order valence-electron chi connectivity index (χ4n) is 1.12. The molecule has 0 aliphatic rings. The molecule has 65 valence electrons. The van der Waals surface area contributed by atoms with E-state index < -0.39 is 0 Å². The van der Waals surface area contributed by atoms with Gasteiger partial charge in [0.05, 0.1) is 11.0 Å². The van der Waals surface area contributed by atoms with Crippen molar-refractivity contribution in [2.24, 2.45) is 0 Å². The van der Waals surface area contributed by atoms with Crippen LogP contribution in [0.3, 0.4) is 0 Å². The molecule has 0 fully saturated rings. The largest absolute Gasteiger partial charge is 0.324 e. The molecular formula is C9H8N3O. The monoisotopic (exact) mass is 174 g/mol. The van der Waals surface area contributed by atoms with E-state index in [0.29, 0.717) is 5.95 Å². The summed E-state index contributed by atoms with van der Waals surface area (Å²) >= 11 is 0. The van der Waals surface area contributed by atoms with E-state index in [0.717, 1.165) is 11.0 Å². The van der Waals surface area contributed by atoms with Crippen LogP contribution >= 0.6 is 0 Å². The van der Waals surface area contributed by atoms with Crippen LogP contribution < -0.4 is 5.32 Å². The van der Waals surface area contributed by atoms with Crippen molar-refractivity contribution in [1.82, 2.24) is 9.97 Å².